The second-order valence-electron chi connectivity index (χ2n) is 5.47. The maximum Gasteiger partial charge on any atom is 0.263 e. The zero-order valence-corrected chi connectivity index (χ0v) is 13.4. The summed E-state index contributed by atoms with van der Waals surface area (Å²) in [6.07, 6.45) is 6.21. The molecule has 1 fully saturated rings. The third kappa shape index (κ3) is 3.27. The van der Waals surface area contributed by atoms with Crippen LogP contribution >= 0.6 is 0 Å². The van der Waals surface area contributed by atoms with Crippen LogP contribution in [0.1, 0.15) is 44.9 Å². The summed E-state index contributed by atoms with van der Waals surface area (Å²) in [6, 6.07) is 1.92. The number of hydrogen-bond donors (Lipinski definition) is 0. The molecule has 0 aromatic carbocycles. The molecule has 0 radical (unpaired) electrons. The molecule has 1 aliphatic carbocycles. The second kappa shape index (κ2) is 6.58. The maximum absolute atomic E-state index is 12.8. The van der Waals surface area contributed by atoms with E-state index in [1.807, 2.05) is 17.6 Å². The lowest BCUT2D eigenvalue weighted by atomic mass is 10.2. The predicted octanol–water partition coefficient (Wildman–Crippen LogP) is 2.06. The molecule has 0 N–H and O–H groups in total. The summed E-state index contributed by atoms with van der Waals surface area (Å²) >= 11 is 0. The highest BCUT2D eigenvalue weighted by molar-refractivity contribution is 7.89. The van der Waals surface area contributed by atoms with Gasteiger partial charge in [0.1, 0.15) is 12.4 Å². The van der Waals surface area contributed by atoms with E-state index >= 15 is 0 Å². The van der Waals surface area contributed by atoms with Gasteiger partial charge >= 0.3 is 0 Å². The molecule has 0 aliphatic heterocycles. The summed E-state index contributed by atoms with van der Waals surface area (Å²) in [4.78, 5) is 4.20. The van der Waals surface area contributed by atoms with Crippen molar-refractivity contribution in [1.82, 2.24) is 13.9 Å². The van der Waals surface area contributed by atoms with Crippen molar-refractivity contribution in [3.05, 3.63) is 12.0 Å². The van der Waals surface area contributed by atoms with Gasteiger partial charge in [0.25, 0.3) is 10.0 Å². The molecule has 1 aromatic heterocycles. The molecule has 1 saturated carbocycles. The van der Waals surface area contributed by atoms with Gasteiger partial charge in [-0.05, 0) is 26.2 Å². The van der Waals surface area contributed by atoms with Gasteiger partial charge in [0.05, 0.1) is 6.07 Å². The third-order valence-electron chi connectivity index (χ3n) is 3.95. The predicted molar refractivity (Wildman–Crippen MR) is 79.0 cm³/mol. The third-order valence-corrected chi connectivity index (χ3v) is 5.72. The Morgan fingerprint density at radius 2 is 2.14 bits per heavy atom. The van der Waals surface area contributed by atoms with Crippen LogP contribution in [0.15, 0.2) is 11.2 Å². The molecule has 0 saturated heterocycles. The van der Waals surface area contributed by atoms with E-state index in [0.29, 0.717) is 5.82 Å². The van der Waals surface area contributed by atoms with Gasteiger partial charge in [0, 0.05) is 18.8 Å². The van der Waals surface area contributed by atoms with Crippen molar-refractivity contribution in [2.24, 2.45) is 0 Å². The Hall–Kier alpha value is -1.39. The molecule has 1 heterocycles. The van der Waals surface area contributed by atoms with Crippen molar-refractivity contribution in [1.29, 1.82) is 5.26 Å². The van der Waals surface area contributed by atoms with E-state index in [1.165, 1.54) is 4.31 Å². The van der Waals surface area contributed by atoms with Crippen LogP contribution in [0.25, 0.3) is 0 Å². The molecule has 0 atom stereocenters. The first-order valence-electron chi connectivity index (χ1n) is 7.43. The molecular formula is C14H22N4O2S. The molecule has 0 bridgehead atoms. The highest BCUT2D eigenvalue weighted by Crippen LogP contribution is 2.28. The van der Waals surface area contributed by atoms with E-state index in [0.717, 1.165) is 38.6 Å². The van der Waals surface area contributed by atoms with Crippen LogP contribution in [0, 0.1) is 18.3 Å². The Balaban J connectivity index is 2.33. The Bertz CT molecular complexity index is 624. The average molecular weight is 310 g/mol. The van der Waals surface area contributed by atoms with Gasteiger partial charge in [-0.3, -0.25) is 0 Å². The topological polar surface area (TPSA) is 79.0 Å². The minimum Gasteiger partial charge on any atom is -0.334 e. The number of imidazole rings is 1. The van der Waals surface area contributed by atoms with E-state index < -0.39 is 10.0 Å². The summed E-state index contributed by atoms with van der Waals surface area (Å²) < 4.78 is 28.7. The fraction of sp³-hybridized carbons (Fsp3) is 0.714. The molecule has 1 aromatic rings. The van der Waals surface area contributed by atoms with Crippen molar-refractivity contribution in [2.45, 2.75) is 63.6 Å². The van der Waals surface area contributed by atoms with Crippen molar-refractivity contribution in [2.75, 3.05) is 6.54 Å². The Morgan fingerprint density at radius 1 is 1.48 bits per heavy atom. The molecule has 116 valence electrons. The minimum absolute atomic E-state index is 0.0636. The number of rotatable bonds is 6. The lowest BCUT2D eigenvalue weighted by Gasteiger charge is -2.24. The number of nitrogens with zero attached hydrogens (tertiary/aromatic N) is 4. The first-order chi connectivity index (χ1) is 10.0. The van der Waals surface area contributed by atoms with Gasteiger partial charge in [-0.25, -0.2) is 13.4 Å². The van der Waals surface area contributed by atoms with E-state index in [1.54, 1.807) is 13.1 Å². The Kier molecular flexibility index (Phi) is 5.01. The first kappa shape index (κ1) is 16.0. The zero-order chi connectivity index (χ0) is 15.5. The zero-order valence-electron chi connectivity index (χ0n) is 12.6. The quantitative estimate of drug-likeness (QED) is 0.753. The second-order valence-corrected chi connectivity index (χ2v) is 7.30. The Labute approximate surface area is 126 Å². The summed E-state index contributed by atoms with van der Waals surface area (Å²) in [6.45, 7) is 4.48. The number of aromatic nitrogens is 2. The van der Waals surface area contributed by atoms with Crippen LogP contribution < -0.4 is 0 Å². The van der Waals surface area contributed by atoms with E-state index in [9.17, 15) is 8.42 Å². The molecular weight excluding hydrogens is 288 g/mol. The number of aryl methyl sites for hydroxylation is 2. The van der Waals surface area contributed by atoms with Gasteiger partial charge in [-0.1, -0.05) is 19.8 Å². The average Bonchev–Trinajstić information content (AvgIpc) is 3.07. The SMILES string of the molecule is CCCn1cc(S(=O)(=O)N(CC#N)C2CCCC2)nc1C. The van der Waals surface area contributed by atoms with Crippen molar-refractivity contribution in [3.8, 4) is 6.07 Å². The van der Waals surface area contributed by atoms with Gasteiger partial charge in [-0.15, -0.1) is 0 Å². The molecule has 0 unspecified atom stereocenters. The molecule has 1 aliphatic rings. The van der Waals surface area contributed by atoms with Crippen molar-refractivity contribution in [3.63, 3.8) is 0 Å². The molecule has 21 heavy (non-hydrogen) atoms. The number of hydrogen-bond acceptors (Lipinski definition) is 4. The standard InChI is InChI=1S/C14H22N4O2S/c1-3-9-17-11-14(16-12(17)2)21(19,20)18(10-8-15)13-6-4-5-7-13/h11,13H,3-7,9-10H2,1-2H3. The summed E-state index contributed by atoms with van der Waals surface area (Å²) in [5, 5.41) is 9.03. The van der Waals surface area contributed by atoms with Gasteiger partial charge in [0.2, 0.25) is 0 Å². The summed E-state index contributed by atoms with van der Waals surface area (Å²) in [5.74, 6) is 0.693. The number of sulfonamides is 1. The molecule has 7 heteroatoms. The lowest BCUT2D eigenvalue weighted by molar-refractivity contribution is 0.349. The fourth-order valence-corrected chi connectivity index (χ4v) is 4.44. The first-order valence-corrected chi connectivity index (χ1v) is 8.87. The van der Waals surface area contributed by atoms with Gasteiger partial charge in [-0.2, -0.15) is 9.57 Å². The van der Waals surface area contributed by atoms with E-state index in [2.05, 4.69) is 4.98 Å². The van der Waals surface area contributed by atoms with Crippen LogP contribution in [0.5, 0.6) is 0 Å². The Morgan fingerprint density at radius 3 is 2.71 bits per heavy atom. The van der Waals surface area contributed by atoms with E-state index in [-0.39, 0.29) is 17.6 Å². The minimum atomic E-state index is -3.69. The van der Waals surface area contributed by atoms with Crippen molar-refractivity contribution < 1.29 is 8.42 Å². The highest BCUT2D eigenvalue weighted by atomic mass is 32.2. The monoisotopic (exact) mass is 310 g/mol. The fourth-order valence-electron chi connectivity index (χ4n) is 2.86. The maximum atomic E-state index is 12.8. The van der Waals surface area contributed by atoms with Crippen LogP contribution in [-0.2, 0) is 16.6 Å². The largest absolute Gasteiger partial charge is 0.334 e. The van der Waals surface area contributed by atoms with Crippen LogP contribution in [0.2, 0.25) is 0 Å². The molecule has 0 amide bonds. The molecule has 0 spiro atoms. The smallest absolute Gasteiger partial charge is 0.263 e. The van der Waals surface area contributed by atoms with Gasteiger partial charge in [0.15, 0.2) is 5.03 Å². The molecule has 2 rings (SSSR count). The molecule has 6 nitrogen and oxygen atoms in total. The van der Waals surface area contributed by atoms with Crippen LogP contribution in [-0.4, -0.2) is 34.9 Å². The summed E-state index contributed by atoms with van der Waals surface area (Å²) in [5.41, 5.74) is 0. The van der Waals surface area contributed by atoms with Gasteiger partial charge < -0.3 is 4.57 Å². The van der Waals surface area contributed by atoms with Crippen LogP contribution in [0.4, 0.5) is 0 Å². The van der Waals surface area contributed by atoms with E-state index in [4.69, 9.17) is 5.26 Å². The lowest BCUT2D eigenvalue weighted by Crippen LogP contribution is -2.39. The normalized spacial score (nSPS) is 16.5. The van der Waals surface area contributed by atoms with Crippen molar-refractivity contribution >= 4 is 10.0 Å². The summed E-state index contributed by atoms with van der Waals surface area (Å²) in [7, 11) is -3.69. The van der Waals surface area contributed by atoms with Crippen LogP contribution in [0.3, 0.4) is 0 Å². The highest BCUT2D eigenvalue weighted by Gasteiger charge is 2.34. The number of nitriles is 1.